The van der Waals surface area contributed by atoms with Gasteiger partial charge in [-0.25, -0.2) is 4.79 Å². The zero-order valence-corrected chi connectivity index (χ0v) is 11.8. The summed E-state index contributed by atoms with van der Waals surface area (Å²) in [5, 5.41) is 2.29. The molecule has 0 aliphatic carbocycles. The lowest BCUT2D eigenvalue weighted by molar-refractivity contribution is -0.140. The lowest BCUT2D eigenvalue weighted by atomic mass is 9.98. The highest BCUT2D eigenvalue weighted by molar-refractivity contribution is 9.10. The molecule has 0 aromatic rings. The van der Waals surface area contributed by atoms with Crippen molar-refractivity contribution >= 4 is 53.8 Å². The van der Waals surface area contributed by atoms with Gasteiger partial charge >= 0.3 is 5.97 Å². The maximum atomic E-state index is 10.8. The molecule has 0 aromatic heterocycles. The van der Waals surface area contributed by atoms with Crippen LogP contribution in [-0.2, 0) is 9.53 Å². The van der Waals surface area contributed by atoms with Gasteiger partial charge in [0.1, 0.15) is 0 Å². The maximum absolute atomic E-state index is 10.8. The molecule has 0 bridgehead atoms. The number of carbonyl (C=O) groups is 1. The molecule has 5 heteroatoms. The molecule has 0 saturated carbocycles. The Labute approximate surface area is 103 Å². The highest BCUT2D eigenvalue weighted by Gasteiger charge is 2.28. The van der Waals surface area contributed by atoms with Crippen LogP contribution in [0.5, 0.6) is 0 Å². The van der Waals surface area contributed by atoms with Gasteiger partial charge in [-0.15, -0.1) is 0 Å². The van der Waals surface area contributed by atoms with Crippen molar-refractivity contribution in [3.63, 3.8) is 0 Å². The van der Waals surface area contributed by atoms with Crippen LogP contribution < -0.4 is 0 Å². The second-order valence-corrected chi connectivity index (χ2v) is 4.39. The zero-order chi connectivity index (χ0) is 10.3. The quantitative estimate of drug-likeness (QED) is 0.403. The smallest absolute Gasteiger partial charge is 0.330 e. The predicted octanol–water partition coefficient (Wildman–Crippen LogP) is 2.89. The van der Waals surface area contributed by atoms with E-state index in [0.29, 0.717) is 6.61 Å². The third-order valence-corrected chi connectivity index (χ3v) is 5.11. The van der Waals surface area contributed by atoms with Gasteiger partial charge < -0.3 is 4.74 Å². The Morgan fingerprint density at radius 3 is 2.08 bits per heavy atom. The van der Waals surface area contributed by atoms with E-state index in [1.807, 2.05) is 0 Å². The summed E-state index contributed by atoms with van der Waals surface area (Å²) in [6.45, 7) is 3.70. The molecule has 76 valence electrons. The lowest BCUT2D eigenvalue weighted by Gasteiger charge is -2.26. The van der Waals surface area contributed by atoms with Crippen LogP contribution in [0.25, 0.3) is 0 Å². The SMILES string of the molecule is C=CC(=O)OCC(CBr)(CBr)CBr. The van der Waals surface area contributed by atoms with Crippen molar-refractivity contribution in [2.75, 3.05) is 22.6 Å². The maximum Gasteiger partial charge on any atom is 0.330 e. The molecule has 0 aromatic carbocycles. The minimum absolute atomic E-state index is 0.0847. The molecular formula is C8H11Br3O2. The van der Waals surface area contributed by atoms with E-state index in [1.54, 1.807) is 0 Å². The van der Waals surface area contributed by atoms with Gasteiger partial charge in [-0.3, -0.25) is 0 Å². The highest BCUT2D eigenvalue weighted by atomic mass is 79.9. The molecule has 0 heterocycles. The minimum Gasteiger partial charge on any atom is -0.462 e. The Balaban J connectivity index is 4.09. The van der Waals surface area contributed by atoms with Crippen molar-refractivity contribution in [3.8, 4) is 0 Å². The largest absolute Gasteiger partial charge is 0.462 e. The molecule has 0 N–H and O–H groups in total. The van der Waals surface area contributed by atoms with E-state index < -0.39 is 0 Å². The lowest BCUT2D eigenvalue weighted by Crippen LogP contribution is -2.33. The zero-order valence-electron chi connectivity index (χ0n) is 7.06. The Morgan fingerprint density at radius 1 is 1.31 bits per heavy atom. The van der Waals surface area contributed by atoms with Gasteiger partial charge in [0, 0.05) is 27.5 Å². The average Bonchev–Trinajstić information content (AvgIpc) is 2.20. The van der Waals surface area contributed by atoms with Crippen LogP contribution in [0.1, 0.15) is 0 Å². The topological polar surface area (TPSA) is 26.3 Å². The molecule has 0 rings (SSSR count). The number of alkyl halides is 3. The normalized spacial score (nSPS) is 11.0. The van der Waals surface area contributed by atoms with E-state index in [9.17, 15) is 4.79 Å². The molecule has 0 fully saturated rings. The number of esters is 1. The molecule has 0 spiro atoms. The summed E-state index contributed by atoms with van der Waals surface area (Å²) in [5.41, 5.74) is -0.0847. The standard InChI is InChI=1S/C8H11Br3O2/c1-2-7(12)13-6-8(3-9,4-10)5-11/h2H,1,3-6H2. The summed E-state index contributed by atoms with van der Waals surface area (Å²) in [4.78, 5) is 10.8. The van der Waals surface area contributed by atoms with Crippen molar-refractivity contribution in [2.24, 2.45) is 5.41 Å². The van der Waals surface area contributed by atoms with Gasteiger partial charge in [-0.2, -0.15) is 0 Å². The first-order chi connectivity index (χ1) is 6.14. The fourth-order valence-corrected chi connectivity index (χ4v) is 3.78. The average molecular weight is 379 g/mol. The Morgan fingerprint density at radius 2 is 1.77 bits per heavy atom. The summed E-state index contributed by atoms with van der Waals surface area (Å²) >= 11 is 10.2. The number of hydrogen-bond donors (Lipinski definition) is 0. The second kappa shape index (κ2) is 7.01. The van der Waals surface area contributed by atoms with Gasteiger partial charge in [0.15, 0.2) is 0 Å². The predicted molar refractivity (Wildman–Crippen MR) is 65.0 cm³/mol. The molecule has 0 aliphatic heterocycles. The number of halogens is 3. The summed E-state index contributed by atoms with van der Waals surface area (Å²) in [6.07, 6.45) is 1.17. The molecule has 0 amide bonds. The summed E-state index contributed by atoms with van der Waals surface area (Å²) in [5.74, 6) is -0.382. The first-order valence-corrected chi connectivity index (χ1v) is 6.97. The van der Waals surface area contributed by atoms with Gasteiger partial charge in [0.2, 0.25) is 0 Å². The van der Waals surface area contributed by atoms with Crippen molar-refractivity contribution in [1.29, 1.82) is 0 Å². The molecule has 0 atom stereocenters. The van der Waals surface area contributed by atoms with Gasteiger partial charge in [0.25, 0.3) is 0 Å². The van der Waals surface area contributed by atoms with Gasteiger partial charge in [0.05, 0.1) is 6.61 Å². The Bertz CT molecular complexity index is 170. The van der Waals surface area contributed by atoms with Crippen LogP contribution in [0.3, 0.4) is 0 Å². The molecule has 0 aliphatic rings. The monoisotopic (exact) mass is 376 g/mol. The van der Waals surface area contributed by atoms with Crippen molar-refractivity contribution in [3.05, 3.63) is 12.7 Å². The van der Waals surface area contributed by atoms with Gasteiger partial charge in [-0.1, -0.05) is 54.4 Å². The third kappa shape index (κ3) is 4.61. The minimum atomic E-state index is -0.382. The van der Waals surface area contributed by atoms with E-state index >= 15 is 0 Å². The van der Waals surface area contributed by atoms with E-state index in [1.165, 1.54) is 6.08 Å². The molecule has 0 unspecified atom stereocenters. The number of ether oxygens (including phenoxy) is 1. The van der Waals surface area contributed by atoms with Crippen LogP contribution in [0.2, 0.25) is 0 Å². The summed E-state index contributed by atoms with van der Waals surface area (Å²) in [7, 11) is 0. The highest BCUT2D eigenvalue weighted by Crippen LogP contribution is 2.26. The molecule has 0 radical (unpaired) electrons. The molecular weight excluding hydrogens is 368 g/mol. The summed E-state index contributed by atoms with van der Waals surface area (Å²) < 4.78 is 4.98. The number of hydrogen-bond acceptors (Lipinski definition) is 2. The van der Waals surface area contributed by atoms with Crippen LogP contribution in [0.15, 0.2) is 12.7 Å². The van der Waals surface area contributed by atoms with Crippen LogP contribution in [0.4, 0.5) is 0 Å². The number of carbonyl (C=O) groups excluding carboxylic acids is 1. The fourth-order valence-electron chi connectivity index (χ4n) is 0.506. The molecule has 2 nitrogen and oxygen atoms in total. The Kier molecular flexibility index (Phi) is 7.36. The van der Waals surface area contributed by atoms with E-state index in [0.717, 1.165) is 16.0 Å². The van der Waals surface area contributed by atoms with Crippen LogP contribution in [0, 0.1) is 5.41 Å². The first kappa shape index (κ1) is 13.7. The fraction of sp³-hybridized carbons (Fsp3) is 0.625. The van der Waals surface area contributed by atoms with Crippen molar-refractivity contribution in [2.45, 2.75) is 0 Å². The van der Waals surface area contributed by atoms with E-state index in [-0.39, 0.29) is 11.4 Å². The van der Waals surface area contributed by atoms with E-state index in [2.05, 4.69) is 54.4 Å². The first-order valence-electron chi connectivity index (χ1n) is 3.61. The van der Waals surface area contributed by atoms with Crippen LogP contribution >= 0.6 is 47.8 Å². The molecule has 13 heavy (non-hydrogen) atoms. The van der Waals surface area contributed by atoms with Crippen molar-refractivity contribution in [1.82, 2.24) is 0 Å². The second-order valence-electron chi connectivity index (χ2n) is 2.71. The number of rotatable bonds is 6. The van der Waals surface area contributed by atoms with Crippen molar-refractivity contribution < 1.29 is 9.53 Å². The Hall–Kier alpha value is 0.650. The van der Waals surface area contributed by atoms with E-state index in [4.69, 9.17) is 4.74 Å². The van der Waals surface area contributed by atoms with Crippen LogP contribution in [-0.4, -0.2) is 28.6 Å². The summed E-state index contributed by atoms with van der Waals surface area (Å²) in [6, 6.07) is 0. The third-order valence-electron chi connectivity index (χ3n) is 1.54. The van der Waals surface area contributed by atoms with Gasteiger partial charge in [-0.05, 0) is 0 Å². The molecule has 0 saturated heterocycles.